The number of fused-ring (bicyclic) bond motifs is 1. The zero-order chi connectivity index (χ0) is 15.4. The third-order valence-electron chi connectivity index (χ3n) is 4.68. The van der Waals surface area contributed by atoms with Gasteiger partial charge in [-0.15, -0.1) is 0 Å². The van der Waals surface area contributed by atoms with Crippen molar-refractivity contribution in [1.29, 1.82) is 0 Å². The fourth-order valence-electron chi connectivity index (χ4n) is 3.41. The second kappa shape index (κ2) is 7.05. The smallest absolute Gasteiger partial charge is 0.261 e. The summed E-state index contributed by atoms with van der Waals surface area (Å²) >= 11 is 0. The molecule has 22 heavy (non-hydrogen) atoms. The predicted molar refractivity (Wildman–Crippen MR) is 86.0 cm³/mol. The minimum atomic E-state index is -0.127. The summed E-state index contributed by atoms with van der Waals surface area (Å²) in [5.41, 5.74) is 1.11. The Labute approximate surface area is 132 Å². The van der Waals surface area contributed by atoms with E-state index in [0.717, 1.165) is 12.8 Å². The normalized spacial score (nSPS) is 18.3. The van der Waals surface area contributed by atoms with Gasteiger partial charge in [0, 0.05) is 6.54 Å². The molecule has 1 aromatic carbocycles. The monoisotopic (exact) mass is 300 g/mol. The maximum Gasteiger partial charge on any atom is 0.261 e. The Bertz CT molecular complexity index is 515. The molecule has 1 fully saturated rings. The van der Waals surface area contributed by atoms with E-state index in [-0.39, 0.29) is 11.8 Å². The lowest BCUT2D eigenvalue weighted by atomic mass is 10.1. The lowest BCUT2D eigenvalue weighted by Crippen LogP contribution is -2.30. The molecule has 2 amide bonds. The van der Waals surface area contributed by atoms with Crippen molar-refractivity contribution in [3.63, 3.8) is 0 Å². The molecule has 0 atom stereocenters. The summed E-state index contributed by atoms with van der Waals surface area (Å²) in [6.45, 7) is 4.27. The Morgan fingerprint density at radius 3 is 1.91 bits per heavy atom. The molecule has 2 heterocycles. The molecule has 0 saturated carbocycles. The fourth-order valence-corrected chi connectivity index (χ4v) is 3.41. The number of benzene rings is 1. The number of unbranched alkanes of at least 4 members (excludes halogenated alkanes) is 3. The first-order valence-corrected chi connectivity index (χ1v) is 8.45. The Hall–Kier alpha value is -1.68. The maximum absolute atomic E-state index is 12.2. The summed E-state index contributed by atoms with van der Waals surface area (Å²) in [4.78, 5) is 28.3. The van der Waals surface area contributed by atoms with Crippen molar-refractivity contribution in [2.75, 3.05) is 26.2 Å². The van der Waals surface area contributed by atoms with Gasteiger partial charge < -0.3 is 4.90 Å². The number of likely N-dealkylation sites (tertiary alicyclic amines) is 1. The first-order valence-electron chi connectivity index (χ1n) is 8.45. The second-order valence-corrected chi connectivity index (χ2v) is 6.27. The number of hydrogen-bond acceptors (Lipinski definition) is 3. The summed E-state index contributed by atoms with van der Waals surface area (Å²) in [5.74, 6) is -0.254. The van der Waals surface area contributed by atoms with Crippen LogP contribution in [0.5, 0.6) is 0 Å². The van der Waals surface area contributed by atoms with Gasteiger partial charge >= 0.3 is 0 Å². The minimum Gasteiger partial charge on any atom is -0.303 e. The van der Waals surface area contributed by atoms with Crippen LogP contribution in [0, 0.1) is 0 Å². The Balaban J connectivity index is 1.37. The highest BCUT2D eigenvalue weighted by atomic mass is 16.2. The summed E-state index contributed by atoms with van der Waals surface area (Å²) in [6.07, 6.45) is 7.09. The third-order valence-corrected chi connectivity index (χ3v) is 4.68. The molecular formula is C18H24N2O2. The lowest BCUT2D eigenvalue weighted by molar-refractivity contribution is 0.0651. The van der Waals surface area contributed by atoms with Gasteiger partial charge in [0.2, 0.25) is 0 Å². The quantitative estimate of drug-likeness (QED) is 0.574. The van der Waals surface area contributed by atoms with Gasteiger partial charge in [0.1, 0.15) is 0 Å². The topological polar surface area (TPSA) is 40.6 Å². The van der Waals surface area contributed by atoms with Crippen molar-refractivity contribution >= 4 is 11.8 Å². The van der Waals surface area contributed by atoms with Crippen LogP contribution in [0.3, 0.4) is 0 Å². The molecule has 118 valence electrons. The molecule has 4 heteroatoms. The van der Waals surface area contributed by atoms with Crippen LogP contribution < -0.4 is 0 Å². The van der Waals surface area contributed by atoms with Crippen molar-refractivity contribution in [3.05, 3.63) is 35.4 Å². The maximum atomic E-state index is 12.2. The Morgan fingerprint density at radius 2 is 1.32 bits per heavy atom. The van der Waals surface area contributed by atoms with Crippen LogP contribution in [-0.2, 0) is 0 Å². The van der Waals surface area contributed by atoms with Gasteiger partial charge in [0.05, 0.1) is 11.1 Å². The molecule has 2 aliphatic rings. The van der Waals surface area contributed by atoms with Crippen LogP contribution in [0.1, 0.15) is 59.2 Å². The van der Waals surface area contributed by atoms with E-state index in [0.29, 0.717) is 17.7 Å². The number of rotatable bonds is 7. The fraction of sp³-hybridized carbons (Fsp3) is 0.556. The van der Waals surface area contributed by atoms with Crippen molar-refractivity contribution in [2.24, 2.45) is 0 Å². The first kappa shape index (κ1) is 15.2. The van der Waals surface area contributed by atoms with E-state index in [1.165, 1.54) is 50.2 Å². The predicted octanol–water partition coefficient (Wildman–Crippen LogP) is 2.94. The summed E-state index contributed by atoms with van der Waals surface area (Å²) in [5, 5.41) is 0. The van der Waals surface area contributed by atoms with Gasteiger partial charge in [0.15, 0.2) is 0 Å². The van der Waals surface area contributed by atoms with Gasteiger partial charge in [0.25, 0.3) is 11.8 Å². The minimum absolute atomic E-state index is 0.127. The van der Waals surface area contributed by atoms with Crippen LogP contribution in [0.25, 0.3) is 0 Å². The van der Waals surface area contributed by atoms with Gasteiger partial charge in [-0.25, -0.2) is 0 Å². The molecule has 0 spiro atoms. The number of amides is 2. The Morgan fingerprint density at radius 1 is 0.773 bits per heavy atom. The molecule has 3 rings (SSSR count). The molecule has 1 saturated heterocycles. The van der Waals surface area contributed by atoms with E-state index in [1.54, 1.807) is 12.1 Å². The molecule has 0 N–H and O–H groups in total. The molecule has 0 aromatic heterocycles. The van der Waals surface area contributed by atoms with Crippen LogP contribution in [0.2, 0.25) is 0 Å². The van der Waals surface area contributed by atoms with Gasteiger partial charge in [-0.05, 0) is 57.5 Å². The average molecular weight is 300 g/mol. The van der Waals surface area contributed by atoms with Gasteiger partial charge in [-0.1, -0.05) is 25.0 Å². The zero-order valence-electron chi connectivity index (χ0n) is 13.1. The molecule has 0 aliphatic carbocycles. The Kier molecular flexibility index (Phi) is 4.88. The molecular weight excluding hydrogens is 276 g/mol. The number of carbonyl (C=O) groups is 2. The van der Waals surface area contributed by atoms with E-state index in [9.17, 15) is 9.59 Å². The van der Waals surface area contributed by atoms with Crippen LogP contribution >= 0.6 is 0 Å². The van der Waals surface area contributed by atoms with Gasteiger partial charge in [-0.3, -0.25) is 14.5 Å². The van der Waals surface area contributed by atoms with Crippen LogP contribution in [0.4, 0.5) is 0 Å². The van der Waals surface area contributed by atoms with E-state index < -0.39 is 0 Å². The van der Waals surface area contributed by atoms with Crippen molar-refractivity contribution in [3.8, 4) is 0 Å². The van der Waals surface area contributed by atoms with Crippen molar-refractivity contribution in [2.45, 2.75) is 38.5 Å². The van der Waals surface area contributed by atoms with Crippen molar-refractivity contribution in [1.82, 2.24) is 9.80 Å². The number of imide groups is 1. The van der Waals surface area contributed by atoms with E-state index in [4.69, 9.17) is 0 Å². The highest BCUT2D eigenvalue weighted by molar-refractivity contribution is 6.21. The molecule has 4 nitrogen and oxygen atoms in total. The summed E-state index contributed by atoms with van der Waals surface area (Å²) < 4.78 is 0. The SMILES string of the molecule is O=C1c2ccccc2C(=O)N1CCCCCCN1CCCC1. The van der Waals surface area contributed by atoms with Crippen LogP contribution in [0.15, 0.2) is 24.3 Å². The van der Waals surface area contributed by atoms with Crippen LogP contribution in [-0.4, -0.2) is 47.8 Å². The average Bonchev–Trinajstić information content (AvgIpc) is 3.13. The van der Waals surface area contributed by atoms with E-state index in [1.807, 2.05) is 12.1 Å². The molecule has 0 unspecified atom stereocenters. The number of hydrogen-bond donors (Lipinski definition) is 0. The number of carbonyl (C=O) groups excluding carboxylic acids is 2. The number of nitrogens with zero attached hydrogens (tertiary/aromatic N) is 2. The van der Waals surface area contributed by atoms with E-state index >= 15 is 0 Å². The molecule has 0 radical (unpaired) electrons. The molecule has 0 bridgehead atoms. The first-order chi connectivity index (χ1) is 10.8. The summed E-state index contributed by atoms with van der Waals surface area (Å²) in [7, 11) is 0. The standard InChI is InChI=1S/C18H24N2O2/c21-17-15-9-3-4-10-16(15)18(22)20(17)14-6-2-1-5-11-19-12-7-8-13-19/h3-4,9-10H,1-2,5-8,11-14H2. The highest BCUT2D eigenvalue weighted by Crippen LogP contribution is 2.22. The largest absolute Gasteiger partial charge is 0.303 e. The van der Waals surface area contributed by atoms with Gasteiger partial charge in [-0.2, -0.15) is 0 Å². The summed E-state index contributed by atoms with van der Waals surface area (Å²) in [6, 6.07) is 7.11. The lowest BCUT2D eigenvalue weighted by Gasteiger charge is -2.15. The molecule has 1 aromatic rings. The van der Waals surface area contributed by atoms with Crippen molar-refractivity contribution < 1.29 is 9.59 Å². The van der Waals surface area contributed by atoms with E-state index in [2.05, 4.69) is 4.90 Å². The zero-order valence-corrected chi connectivity index (χ0v) is 13.1. The molecule has 2 aliphatic heterocycles. The third kappa shape index (κ3) is 3.22. The second-order valence-electron chi connectivity index (χ2n) is 6.27. The highest BCUT2D eigenvalue weighted by Gasteiger charge is 2.34.